The molecule has 0 aromatic carbocycles. The van der Waals surface area contributed by atoms with Gasteiger partial charge in [0.2, 0.25) is 0 Å². The van der Waals surface area contributed by atoms with Crippen molar-refractivity contribution in [3.63, 3.8) is 0 Å². The molecule has 0 aliphatic carbocycles. The van der Waals surface area contributed by atoms with E-state index in [4.69, 9.17) is 16.7 Å². The molecule has 1 rings (SSSR count). The topological polar surface area (TPSA) is 20.2 Å². The average molecular weight is 227 g/mol. The van der Waals surface area contributed by atoms with E-state index in [1.807, 2.05) is 0 Å². The van der Waals surface area contributed by atoms with Gasteiger partial charge in [0.05, 0.1) is 5.02 Å². The van der Waals surface area contributed by atoms with Crippen LogP contribution in [0.1, 0.15) is 11.8 Å². The summed E-state index contributed by atoms with van der Waals surface area (Å²) in [5, 5.41) is 11.2. The second-order valence-electron chi connectivity index (χ2n) is 2.87. The molecule has 1 unspecified atom stereocenters. The summed E-state index contributed by atoms with van der Waals surface area (Å²) in [5.41, 5.74) is 0. The number of hydrogen-bond acceptors (Lipinski definition) is 2. The lowest BCUT2D eigenvalue weighted by molar-refractivity contribution is -0.0917. The van der Waals surface area contributed by atoms with Gasteiger partial charge in [0.1, 0.15) is 6.10 Å². The Balaban J connectivity index is 2.65. The van der Waals surface area contributed by atoms with E-state index in [0.29, 0.717) is 16.8 Å². The highest BCUT2D eigenvalue weighted by molar-refractivity contribution is 7.10. The molecule has 5 heteroatoms. The van der Waals surface area contributed by atoms with E-state index in [-0.39, 0.29) is 6.42 Å². The van der Waals surface area contributed by atoms with Crippen molar-refractivity contribution in [2.45, 2.75) is 25.4 Å². The largest absolute Gasteiger partial charge is 0.386 e. The van der Waals surface area contributed by atoms with E-state index in [1.165, 1.54) is 11.3 Å². The van der Waals surface area contributed by atoms with Crippen LogP contribution < -0.4 is 0 Å². The predicted octanol–water partition coefficient (Wildman–Crippen LogP) is 2.96. The van der Waals surface area contributed by atoms with Crippen LogP contribution in [-0.4, -0.2) is 17.1 Å². The van der Waals surface area contributed by atoms with Crippen molar-refractivity contribution in [3.05, 3.63) is 21.3 Å². The Labute approximate surface area is 84.0 Å². The van der Waals surface area contributed by atoms with Crippen LogP contribution in [0, 0.1) is 0 Å². The first kappa shape index (κ1) is 10.9. The highest BCUT2D eigenvalue weighted by Gasteiger charge is 2.32. The SMILES string of the molecule is CC(F)(F)C(O)Cc1sccc1Cl. The predicted molar refractivity (Wildman–Crippen MR) is 49.7 cm³/mol. The van der Waals surface area contributed by atoms with Gasteiger partial charge in [0.15, 0.2) is 0 Å². The molecule has 1 N–H and O–H groups in total. The highest BCUT2D eigenvalue weighted by Crippen LogP contribution is 2.27. The number of thiophene rings is 1. The minimum Gasteiger partial charge on any atom is -0.386 e. The van der Waals surface area contributed by atoms with Gasteiger partial charge in [0, 0.05) is 18.2 Å². The summed E-state index contributed by atoms with van der Waals surface area (Å²) < 4.78 is 25.1. The zero-order chi connectivity index (χ0) is 10.1. The summed E-state index contributed by atoms with van der Waals surface area (Å²) in [6, 6.07) is 1.63. The first-order valence-corrected chi connectivity index (χ1v) is 4.95. The number of hydrogen-bond donors (Lipinski definition) is 1. The molecule has 1 atom stereocenters. The lowest BCUT2D eigenvalue weighted by Gasteiger charge is -2.17. The van der Waals surface area contributed by atoms with Crippen LogP contribution in [-0.2, 0) is 6.42 Å². The number of rotatable bonds is 3. The summed E-state index contributed by atoms with van der Waals surface area (Å²) in [7, 11) is 0. The molecule has 1 nitrogen and oxygen atoms in total. The standard InChI is InChI=1S/C8H9ClF2OS/c1-8(10,11)7(12)4-6-5(9)2-3-13-6/h2-3,7,12H,4H2,1H3. The molecule has 0 spiro atoms. The average Bonchev–Trinajstić information content (AvgIpc) is 2.34. The number of aliphatic hydroxyl groups excluding tert-OH is 1. The molecule has 1 aromatic rings. The fourth-order valence-electron chi connectivity index (χ4n) is 0.826. The quantitative estimate of drug-likeness (QED) is 0.840. The van der Waals surface area contributed by atoms with Crippen LogP contribution in [0.4, 0.5) is 8.78 Å². The van der Waals surface area contributed by atoms with Gasteiger partial charge in [-0.25, -0.2) is 8.78 Å². The number of aliphatic hydroxyl groups is 1. The van der Waals surface area contributed by atoms with Gasteiger partial charge in [0.25, 0.3) is 5.92 Å². The minimum absolute atomic E-state index is 0.0972. The molecule has 74 valence electrons. The molecule has 0 radical (unpaired) electrons. The van der Waals surface area contributed by atoms with Crippen molar-refractivity contribution < 1.29 is 13.9 Å². The van der Waals surface area contributed by atoms with E-state index in [2.05, 4.69) is 0 Å². The highest BCUT2D eigenvalue weighted by atomic mass is 35.5. The van der Waals surface area contributed by atoms with Crippen LogP contribution in [0.15, 0.2) is 11.4 Å². The van der Waals surface area contributed by atoms with Gasteiger partial charge in [-0.1, -0.05) is 11.6 Å². The van der Waals surface area contributed by atoms with Gasteiger partial charge < -0.3 is 5.11 Å². The van der Waals surface area contributed by atoms with Crippen LogP contribution in [0.25, 0.3) is 0 Å². The van der Waals surface area contributed by atoms with Gasteiger partial charge >= 0.3 is 0 Å². The summed E-state index contributed by atoms with van der Waals surface area (Å²) in [6.07, 6.45) is -1.76. The monoisotopic (exact) mass is 226 g/mol. The zero-order valence-corrected chi connectivity index (χ0v) is 8.50. The van der Waals surface area contributed by atoms with Crippen molar-refractivity contribution in [2.75, 3.05) is 0 Å². The second kappa shape index (κ2) is 3.90. The van der Waals surface area contributed by atoms with Crippen LogP contribution in [0.5, 0.6) is 0 Å². The van der Waals surface area contributed by atoms with Gasteiger partial charge in [-0.2, -0.15) is 0 Å². The van der Waals surface area contributed by atoms with E-state index >= 15 is 0 Å². The summed E-state index contributed by atoms with van der Waals surface area (Å²) in [4.78, 5) is 0.593. The maximum Gasteiger partial charge on any atom is 0.271 e. The van der Waals surface area contributed by atoms with Crippen molar-refractivity contribution in [1.29, 1.82) is 0 Å². The lowest BCUT2D eigenvalue weighted by Crippen LogP contribution is -2.31. The molecular formula is C8H9ClF2OS. The van der Waals surface area contributed by atoms with Crippen molar-refractivity contribution in [2.24, 2.45) is 0 Å². The van der Waals surface area contributed by atoms with Gasteiger partial charge in [-0.15, -0.1) is 11.3 Å². The normalized spacial score (nSPS) is 14.5. The van der Waals surface area contributed by atoms with Crippen molar-refractivity contribution >= 4 is 22.9 Å². The van der Waals surface area contributed by atoms with E-state index in [1.54, 1.807) is 11.4 Å². The van der Waals surface area contributed by atoms with Gasteiger partial charge in [-0.3, -0.25) is 0 Å². The zero-order valence-electron chi connectivity index (χ0n) is 6.93. The Bertz CT molecular complexity index is 282. The van der Waals surface area contributed by atoms with E-state index < -0.39 is 12.0 Å². The van der Waals surface area contributed by atoms with Crippen molar-refractivity contribution in [3.8, 4) is 0 Å². The third kappa shape index (κ3) is 2.90. The molecule has 1 aromatic heterocycles. The second-order valence-corrected chi connectivity index (χ2v) is 4.28. The Kier molecular flexibility index (Phi) is 3.27. The Hall–Kier alpha value is -0.190. The molecule has 0 saturated carbocycles. The van der Waals surface area contributed by atoms with Crippen molar-refractivity contribution in [1.82, 2.24) is 0 Å². The number of alkyl halides is 2. The summed E-state index contributed by atoms with van der Waals surface area (Å²) >= 11 is 6.96. The fraction of sp³-hybridized carbons (Fsp3) is 0.500. The fourth-order valence-corrected chi connectivity index (χ4v) is 1.98. The molecular weight excluding hydrogens is 218 g/mol. The molecule has 0 aliphatic heterocycles. The number of halogens is 3. The summed E-state index contributed by atoms with van der Waals surface area (Å²) in [5.74, 6) is -3.08. The molecule has 13 heavy (non-hydrogen) atoms. The molecule has 0 fully saturated rings. The lowest BCUT2D eigenvalue weighted by atomic mass is 10.1. The third-order valence-electron chi connectivity index (χ3n) is 1.65. The minimum atomic E-state index is -3.08. The maximum atomic E-state index is 12.6. The Morgan fingerprint density at radius 1 is 1.69 bits per heavy atom. The molecule has 0 amide bonds. The Morgan fingerprint density at radius 3 is 2.69 bits per heavy atom. The van der Waals surface area contributed by atoms with Crippen LogP contribution in [0.2, 0.25) is 5.02 Å². The summed E-state index contributed by atoms with van der Waals surface area (Å²) in [6.45, 7) is 0.694. The molecule has 1 heterocycles. The first-order chi connectivity index (χ1) is 5.91. The molecule has 0 aliphatic rings. The van der Waals surface area contributed by atoms with E-state index in [9.17, 15) is 8.78 Å². The smallest absolute Gasteiger partial charge is 0.271 e. The first-order valence-electron chi connectivity index (χ1n) is 3.69. The Morgan fingerprint density at radius 2 is 2.31 bits per heavy atom. The maximum absolute atomic E-state index is 12.6. The van der Waals surface area contributed by atoms with Crippen LogP contribution >= 0.6 is 22.9 Å². The van der Waals surface area contributed by atoms with E-state index in [0.717, 1.165) is 0 Å². The third-order valence-corrected chi connectivity index (χ3v) is 3.06. The molecule has 0 bridgehead atoms. The van der Waals surface area contributed by atoms with Crippen LogP contribution in [0.3, 0.4) is 0 Å². The van der Waals surface area contributed by atoms with Gasteiger partial charge in [-0.05, 0) is 11.4 Å². The molecule has 0 saturated heterocycles.